The van der Waals surface area contributed by atoms with Crippen molar-refractivity contribution < 1.29 is 14.6 Å². The first kappa shape index (κ1) is 13.1. The van der Waals surface area contributed by atoms with E-state index in [2.05, 4.69) is 4.98 Å². The molecule has 1 N–H and O–H groups in total. The molecule has 0 aliphatic heterocycles. The van der Waals surface area contributed by atoms with Crippen LogP contribution < -0.4 is 4.74 Å². The smallest absolute Gasteiger partial charge is 0.339 e. The van der Waals surface area contributed by atoms with E-state index >= 15 is 0 Å². The highest BCUT2D eigenvalue weighted by Gasteiger charge is 2.11. The lowest BCUT2D eigenvalue weighted by molar-refractivity contribution is 0.0691. The molecule has 0 aliphatic carbocycles. The Morgan fingerprint density at radius 2 is 2.00 bits per heavy atom. The van der Waals surface area contributed by atoms with Gasteiger partial charge in [0.05, 0.1) is 0 Å². The third kappa shape index (κ3) is 3.31. The molecule has 2 aromatic rings. The second-order valence-corrected chi connectivity index (χ2v) is 4.46. The van der Waals surface area contributed by atoms with Gasteiger partial charge in [0.15, 0.2) is 0 Å². The van der Waals surface area contributed by atoms with E-state index < -0.39 is 5.97 Å². The maximum Gasteiger partial charge on any atom is 0.339 e. The minimum Gasteiger partial charge on any atom is -0.488 e. The molecule has 0 spiro atoms. The van der Waals surface area contributed by atoms with Gasteiger partial charge in [-0.2, -0.15) is 0 Å². The zero-order chi connectivity index (χ0) is 13.8. The van der Waals surface area contributed by atoms with Crippen LogP contribution in [0.3, 0.4) is 0 Å². The number of nitrogens with zero attached hydrogens (tertiary/aromatic N) is 1. The number of carboxylic acid groups (broad SMARTS) is 1. The number of aryl methyl sites for hydroxylation is 2. The molecule has 0 aliphatic rings. The Bertz CT molecular complexity index is 608. The molecule has 0 radical (unpaired) electrons. The average molecular weight is 257 g/mol. The van der Waals surface area contributed by atoms with E-state index in [0.717, 1.165) is 16.7 Å². The molecule has 4 nitrogen and oxygen atoms in total. The summed E-state index contributed by atoms with van der Waals surface area (Å²) in [5.74, 6) is -0.610. The van der Waals surface area contributed by atoms with E-state index in [-0.39, 0.29) is 5.56 Å². The fourth-order valence-corrected chi connectivity index (χ4v) is 1.79. The topological polar surface area (TPSA) is 59.4 Å². The molecular formula is C15H15NO3. The lowest BCUT2D eigenvalue weighted by atomic mass is 10.1. The van der Waals surface area contributed by atoms with Gasteiger partial charge in [0.1, 0.15) is 17.9 Å². The normalized spacial score (nSPS) is 10.2. The summed E-state index contributed by atoms with van der Waals surface area (Å²) >= 11 is 0. The van der Waals surface area contributed by atoms with Crippen molar-refractivity contribution in [3.63, 3.8) is 0 Å². The molecule has 0 fully saturated rings. The highest BCUT2D eigenvalue weighted by atomic mass is 16.5. The number of benzene rings is 1. The van der Waals surface area contributed by atoms with E-state index in [0.29, 0.717) is 12.4 Å². The second kappa shape index (κ2) is 5.52. The highest BCUT2D eigenvalue weighted by Crippen LogP contribution is 2.21. The van der Waals surface area contributed by atoms with Crippen LogP contribution in [0.2, 0.25) is 0 Å². The molecule has 1 aromatic heterocycles. The Morgan fingerprint density at radius 3 is 2.68 bits per heavy atom. The van der Waals surface area contributed by atoms with Crippen molar-refractivity contribution in [2.45, 2.75) is 20.5 Å². The van der Waals surface area contributed by atoms with Crippen molar-refractivity contribution in [2.75, 3.05) is 0 Å². The summed E-state index contributed by atoms with van der Waals surface area (Å²) < 4.78 is 5.57. The van der Waals surface area contributed by atoms with Crippen molar-refractivity contribution in [3.05, 3.63) is 58.9 Å². The Labute approximate surface area is 111 Å². The van der Waals surface area contributed by atoms with Gasteiger partial charge in [-0.3, -0.25) is 4.98 Å². The van der Waals surface area contributed by atoms with Crippen molar-refractivity contribution >= 4 is 5.97 Å². The first-order valence-corrected chi connectivity index (χ1v) is 5.93. The molecule has 1 aromatic carbocycles. The Balaban J connectivity index is 2.17. The van der Waals surface area contributed by atoms with E-state index in [1.54, 1.807) is 24.5 Å². The van der Waals surface area contributed by atoms with Gasteiger partial charge in [-0.25, -0.2) is 4.79 Å². The standard InChI is InChI=1S/C15H15NO3/c1-10-3-4-14(13(6-10)15(17)18)19-9-12-5-11(2)7-16-8-12/h3-8H,9H2,1-2H3,(H,17,18). The van der Waals surface area contributed by atoms with Gasteiger partial charge < -0.3 is 9.84 Å². The van der Waals surface area contributed by atoms with Crippen molar-refractivity contribution in [3.8, 4) is 5.75 Å². The van der Waals surface area contributed by atoms with Crippen LogP contribution in [-0.2, 0) is 6.61 Å². The van der Waals surface area contributed by atoms with Crippen LogP contribution in [0.25, 0.3) is 0 Å². The van der Waals surface area contributed by atoms with Crippen LogP contribution in [0.4, 0.5) is 0 Å². The Hall–Kier alpha value is -2.36. The third-order valence-corrected chi connectivity index (χ3v) is 2.69. The van der Waals surface area contributed by atoms with Gasteiger partial charge in [-0.05, 0) is 37.6 Å². The van der Waals surface area contributed by atoms with Gasteiger partial charge in [0.2, 0.25) is 0 Å². The molecule has 4 heteroatoms. The molecule has 1 heterocycles. The van der Waals surface area contributed by atoms with Crippen LogP contribution in [0.15, 0.2) is 36.7 Å². The third-order valence-electron chi connectivity index (χ3n) is 2.69. The number of hydrogen-bond acceptors (Lipinski definition) is 3. The molecule has 0 saturated heterocycles. The summed E-state index contributed by atoms with van der Waals surface area (Å²) in [7, 11) is 0. The number of aromatic nitrogens is 1. The SMILES string of the molecule is Cc1cncc(COc2ccc(C)cc2C(=O)O)c1. The molecule has 98 valence electrons. The number of hydrogen-bond donors (Lipinski definition) is 1. The Morgan fingerprint density at radius 1 is 1.21 bits per heavy atom. The zero-order valence-electron chi connectivity index (χ0n) is 10.9. The molecule has 2 rings (SSSR count). The van der Waals surface area contributed by atoms with Crippen molar-refractivity contribution in [1.29, 1.82) is 0 Å². The largest absolute Gasteiger partial charge is 0.488 e. The van der Waals surface area contributed by atoms with Gasteiger partial charge in [0.25, 0.3) is 0 Å². The van der Waals surface area contributed by atoms with E-state index in [9.17, 15) is 4.79 Å². The lowest BCUT2D eigenvalue weighted by Gasteiger charge is -2.10. The monoisotopic (exact) mass is 257 g/mol. The summed E-state index contributed by atoms with van der Waals surface area (Å²) in [5, 5.41) is 9.14. The number of rotatable bonds is 4. The first-order chi connectivity index (χ1) is 9.06. The summed E-state index contributed by atoms with van der Waals surface area (Å²) in [6.07, 6.45) is 3.47. The predicted molar refractivity (Wildman–Crippen MR) is 71.4 cm³/mol. The van der Waals surface area contributed by atoms with E-state index in [1.807, 2.05) is 26.0 Å². The molecule has 0 atom stereocenters. The highest BCUT2D eigenvalue weighted by molar-refractivity contribution is 5.91. The summed E-state index contributed by atoms with van der Waals surface area (Å²) in [4.78, 5) is 15.2. The maximum atomic E-state index is 11.1. The number of ether oxygens (including phenoxy) is 1. The predicted octanol–water partition coefficient (Wildman–Crippen LogP) is 2.98. The summed E-state index contributed by atoms with van der Waals surface area (Å²) in [6, 6.07) is 7.08. The molecular weight excluding hydrogens is 242 g/mol. The van der Waals surface area contributed by atoms with Crippen molar-refractivity contribution in [1.82, 2.24) is 4.98 Å². The van der Waals surface area contributed by atoms with Crippen LogP contribution in [0.5, 0.6) is 5.75 Å². The average Bonchev–Trinajstić information content (AvgIpc) is 2.37. The number of carbonyl (C=O) groups is 1. The molecule has 0 saturated carbocycles. The van der Waals surface area contributed by atoms with Crippen LogP contribution in [-0.4, -0.2) is 16.1 Å². The maximum absolute atomic E-state index is 11.1. The number of aromatic carboxylic acids is 1. The quantitative estimate of drug-likeness (QED) is 0.914. The summed E-state index contributed by atoms with van der Waals surface area (Å²) in [5.41, 5.74) is 3.03. The van der Waals surface area contributed by atoms with Crippen LogP contribution in [0.1, 0.15) is 27.0 Å². The van der Waals surface area contributed by atoms with Gasteiger partial charge >= 0.3 is 5.97 Å². The Kier molecular flexibility index (Phi) is 3.80. The van der Waals surface area contributed by atoms with Crippen LogP contribution >= 0.6 is 0 Å². The number of pyridine rings is 1. The zero-order valence-corrected chi connectivity index (χ0v) is 10.9. The van der Waals surface area contributed by atoms with Crippen molar-refractivity contribution in [2.24, 2.45) is 0 Å². The first-order valence-electron chi connectivity index (χ1n) is 5.93. The van der Waals surface area contributed by atoms with E-state index in [4.69, 9.17) is 9.84 Å². The minimum absolute atomic E-state index is 0.181. The minimum atomic E-state index is -0.985. The lowest BCUT2D eigenvalue weighted by Crippen LogP contribution is -2.04. The second-order valence-electron chi connectivity index (χ2n) is 4.46. The van der Waals surface area contributed by atoms with E-state index in [1.165, 1.54) is 0 Å². The van der Waals surface area contributed by atoms with Gasteiger partial charge in [-0.15, -0.1) is 0 Å². The fraction of sp³-hybridized carbons (Fsp3) is 0.200. The molecule has 0 amide bonds. The van der Waals surface area contributed by atoms with Crippen LogP contribution in [0, 0.1) is 13.8 Å². The molecule has 0 bridgehead atoms. The van der Waals surface area contributed by atoms with Gasteiger partial charge in [0, 0.05) is 18.0 Å². The number of carboxylic acids is 1. The summed E-state index contributed by atoms with van der Waals surface area (Å²) in [6.45, 7) is 4.10. The molecule has 19 heavy (non-hydrogen) atoms. The fourth-order valence-electron chi connectivity index (χ4n) is 1.79. The molecule has 0 unspecified atom stereocenters. The van der Waals surface area contributed by atoms with Gasteiger partial charge in [-0.1, -0.05) is 11.6 Å².